The van der Waals surface area contributed by atoms with Gasteiger partial charge in [0.15, 0.2) is 11.0 Å². The molecule has 0 atom stereocenters. The Morgan fingerprint density at radius 3 is 2.61 bits per heavy atom. The summed E-state index contributed by atoms with van der Waals surface area (Å²) in [5, 5.41) is 14.1. The number of amides is 1. The summed E-state index contributed by atoms with van der Waals surface area (Å²) in [6.45, 7) is 5.32. The zero-order valence-corrected chi connectivity index (χ0v) is 17.7. The zero-order chi connectivity index (χ0) is 20.0. The van der Waals surface area contributed by atoms with E-state index in [2.05, 4.69) is 17.1 Å². The molecule has 0 saturated heterocycles. The molecule has 7 nitrogen and oxygen atoms in total. The Kier molecular flexibility index (Phi) is 4.74. The predicted molar refractivity (Wildman–Crippen MR) is 109 cm³/mol. The second-order valence-corrected chi connectivity index (χ2v) is 8.02. The molecule has 146 valence electrons. The van der Waals surface area contributed by atoms with Crippen LogP contribution < -0.4 is 0 Å². The average molecular weight is 397 g/mol. The number of aryl methyl sites for hydroxylation is 3. The number of rotatable bonds is 3. The molecule has 1 amide bonds. The minimum absolute atomic E-state index is 0.0614. The van der Waals surface area contributed by atoms with Crippen LogP contribution in [0, 0.1) is 13.8 Å². The number of hydrogen-bond acceptors (Lipinski definition) is 5. The molecule has 8 heteroatoms. The number of hydrogen-bond donors (Lipinski definition) is 0. The van der Waals surface area contributed by atoms with Crippen molar-refractivity contribution in [2.45, 2.75) is 32.0 Å². The fourth-order valence-electron chi connectivity index (χ4n) is 3.70. The van der Waals surface area contributed by atoms with Crippen LogP contribution >= 0.6 is 11.8 Å². The third-order valence-corrected chi connectivity index (χ3v) is 6.23. The van der Waals surface area contributed by atoms with Gasteiger partial charge in [0.2, 0.25) is 0 Å². The maximum absolute atomic E-state index is 13.1. The first-order chi connectivity index (χ1) is 13.4. The van der Waals surface area contributed by atoms with Crippen molar-refractivity contribution < 1.29 is 4.79 Å². The highest BCUT2D eigenvalue weighted by Gasteiger charge is 2.29. The number of thioether (sulfide) groups is 1. The van der Waals surface area contributed by atoms with Crippen LogP contribution in [-0.4, -0.2) is 48.2 Å². The van der Waals surface area contributed by atoms with Gasteiger partial charge in [0.05, 0.1) is 6.54 Å². The van der Waals surface area contributed by atoms with Crippen molar-refractivity contribution in [2.75, 3.05) is 12.8 Å². The highest BCUT2D eigenvalue weighted by Crippen LogP contribution is 2.30. The Morgan fingerprint density at radius 1 is 1.14 bits per heavy atom. The molecular formula is C20H24N6OS. The van der Waals surface area contributed by atoms with E-state index in [9.17, 15) is 4.79 Å². The van der Waals surface area contributed by atoms with E-state index in [1.54, 1.807) is 11.8 Å². The number of fused-ring (bicyclic) bond motifs is 1. The van der Waals surface area contributed by atoms with Crippen LogP contribution in [0.25, 0.3) is 11.5 Å². The molecule has 0 N–H and O–H groups in total. The van der Waals surface area contributed by atoms with Gasteiger partial charge in [-0.25, -0.2) is 0 Å². The maximum atomic E-state index is 13.1. The molecular weight excluding hydrogens is 372 g/mol. The lowest BCUT2D eigenvalue weighted by Crippen LogP contribution is -2.36. The standard InChI is InChI=1S/C20H24N6OS/c1-12-6-7-14(10-13(12)2)19(27)26-9-8-16-15(11-26)17(23-25(16)4)18-21-22-20(28-5)24(18)3/h6-7,10H,8-9,11H2,1-5H3. The van der Waals surface area contributed by atoms with Gasteiger partial charge in [0.25, 0.3) is 5.91 Å². The van der Waals surface area contributed by atoms with E-state index in [1.165, 1.54) is 5.56 Å². The second kappa shape index (κ2) is 7.09. The molecule has 3 heterocycles. The smallest absolute Gasteiger partial charge is 0.254 e. The molecule has 3 aromatic rings. The van der Waals surface area contributed by atoms with Gasteiger partial charge in [-0.3, -0.25) is 9.48 Å². The number of nitrogens with zero attached hydrogens (tertiary/aromatic N) is 6. The van der Waals surface area contributed by atoms with Crippen LogP contribution in [0.15, 0.2) is 23.4 Å². The van der Waals surface area contributed by atoms with Crippen molar-refractivity contribution in [3.8, 4) is 11.5 Å². The molecule has 2 aromatic heterocycles. The van der Waals surface area contributed by atoms with Crippen molar-refractivity contribution in [2.24, 2.45) is 14.1 Å². The predicted octanol–water partition coefficient (Wildman–Crippen LogP) is 2.75. The summed E-state index contributed by atoms with van der Waals surface area (Å²) in [5.74, 6) is 0.799. The Balaban J connectivity index is 1.69. The Hall–Kier alpha value is -2.61. The fourth-order valence-corrected chi connectivity index (χ4v) is 4.18. The van der Waals surface area contributed by atoms with Gasteiger partial charge in [-0.05, 0) is 43.4 Å². The van der Waals surface area contributed by atoms with Crippen LogP contribution in [-0.2, 0) is 27.1 Å². The third-order valence-electron chi connectivity index (χ3n) is 5.51. The summed E-state index contributed by atoms with van der Waals surface area (Å²) in [6, 6.07) is 5.90. The van der Waals surface area contributed by atoms with E-state index in [1.807, 2.05) is 59.6 Å². The molecule has 1 aromatic carbocycles. The Labute approximate surface area is 168 Å². The SMILES string of the molecule is CSc1nnc(-c2nn(C)c3c2CN(C(=O)c2ccc(C)c(C)c2)CC3)n1C. The molecule has 0 saturated carbocycles. The maximum Gasteiger partial charge on any atom is 0.254 e. The molecule has 0 radical (unpaired) electrons. The van der Waals surface area contributed by atoms with Crippen molar-refractivity contribution in [1.29, 1.82) is 0 Å². The number of aromatic nitrogens is 5. The first-order valence-corrected chi connectivity index (χ1v) is 10.5. The van der Waals surface area contributed by atoms with E-state index < -0.39 is 0 Å². The number of carbonyl (C=O) groups is 1. The van der Waals surface area contributed by atoms with Crippen LogP contribution in [0.2, 0.25) is 0 Å². The fraction of sp³-hybridized carbons (Fsp3) is 0.400. The summed E-state index contributed by atoms with van der Waals surface area (Å²) in [6.07, 6.45) is 2.76. The monoisotopic (exact) mass is 396 g/mol. The van der Waals surface area contributed by atoms with Crippen LogP contribution in [0.1, 0.15) is 32.7 Å². The lowest BCUT2D eigenvalue weighted by Gasteiger charge is -2.28. The normalized spacial score (nSPS) is 13.7. The topological polar surface area (TPSA) is 68.8 Å². The van der Waals surface area contributed by atoms with Gasteiger partial charge in [0.1, 0.15) is 5.69 Å². The largest absolute Gasteiger partial charge is 0.334 e. The molecule has 0 unspecified atom stereocenters. The van der Waals surface area contributed by atoms with E-state index >= 15 is 0 Å². The molecule has 0 aliphatic carbocycles. The molecule has 0 fully saturated rings. The molecule has 0 spiro atoms. The summed E-state index contributed by atoms with van der Waals surface area (Å²) in [7, 11) is 3.90. The van der Waals surface area contributed by atoms with Crippen LogP contribution in [0.3, 0.4) is 0 Å². The molecule has 4 rings (SSSR count). The Bertz CT molecular complexity index is 1070. The third kappa shape index (κ3) is 3.01. The highest BCUT2D eigenvalue weighted by molar-refractivity contribution is 7.98. The quantitative estimate of drug-likeness (QED) is 0.637. The van der Waals surface area contributed by atoms with Gasteiger partial charge in [-0.15, -0.1) is 10.2 Å². The van der Waals surface area contributed by atoms with E-state index in [-0.39, 0.29) is 5.91 Å². The number of benzene rings is 1. The van der Waals surface area contributed by atoms with Gasteiger partial charge >= 0.3 is 0 Å². The summed E-state index contributed by atoms with van der Waals surface area (Å²) >= 11 is 1.55. The first-order valence-electron chi connectivity index (χ1n) is 9.25. The molecule has 28 heavy (non-hydrogen) atoms. The minimum Gasteiger partial charge on any atom is -0.334 e. The Morgan fingerprint density at radius 2 is 1.93 bits per heavy atom. The summed E-state index contributed by atoms with van der Waals surface area (Å²) < 4.78 is 3.87. The molecule has 1 aliphatic heterocycles. The van der Waals surface area contributed by atoms with Crippen LogP contribution in [0.4, 0.5) is 0 Å². The summed E-state index contributed by atoms with van der Waals surface area (Å²) in [5.41, 5.74) is 6.10. The van der Waals surface area contributed by atoms with E-state index in [0.29, 0.717) is 13.1 Å². The average Bonchev–Trinajstić information content (AvgIpc) is 3.22. The molecule has 1 aliphatic rings. The first kappa shape index (κ1) is 18.7. The highest BCUT2D eigenvalue weighted by atomic mass is 32.2. The number of carbonyl (C=O) groups excluding carboxylic acids is 1. The lowest BCUT2D eigenvalue weighted by molar-refractivity contribution is 0.0733. The zero-order valence-electron chi connectivity index (χ0n) is 16.9. The van der Waals surface area contributed by atoms with Crippen LogP contribution in [0.5, 0.6) is 0 Å². The second-order valence-electron chi connectivity index (χ2n) is 7.24. The van der Waals surface area contributed by atoms with Gasteiger partial charge in [-0.1, -0.05) is 17.8 Å². The van der Waals surface area contributed by atoms with Gasteiger partial charge < -0.3 is 9.47 Å². The minimum atomic E-state index is 0.0614. The van der Waals surface area contributed by atoms with E-state index in [4.69, 9.17) is 5.10 Å². The van der Waals surface area contributed by atoms with E-state index in [0.717, 1.165) is 45.5 Å². The van der Waals surface area contributed by atoms with Crippen molar-refractivity contribution >= 4 is 17.7 Å². The van der Waals surface area contributed by atoms with Gasteiger partial charge in [-0.2, -0.15) is 5.10 Å². The summed E-state index contributed by atoms with van der Waals surface area (Å²) in [4.78, 5) is 15.0. The molecule has 0 bridgehead atoms. The van der Waals surface area contributed by atoms with Crippen molar-refractivity contribution in [3.63, 3.8) is 0 Å². The van der Waals surface area contributed by atoms with Gasteiger partial charge in [0, 0.05) is 43.9 Å². The van der Waals surface area contributed by atoms with Crippen molar-refractivity contribution in [3.05, 3.63) is 46.1 Å². The lowest BCUT2D eigenvalue weighted by atomic mass is 10.0. The van der Waals surface area contributed by atoms with Crippen molar-refractivity contribution in [1.82, 2.24) is 29.4 Å².